The third-order valence-corrected chi connectivity index (χ3v) is 5.79. The van der Waals surface area contributed by atoms with E-state index in [2.05, 4.69) is 29.7 Å². The lowest BCUT2D eigenvalue weighted by atomic mass is 10.2. The molecule has 2 aromatic rings. The van der Waals surface area contributed by atoms with Crippen molar-refractivity contribution < 1.29 is 4.79 Å². The van der Waals surface area contributed by atoms with Gasteiger partial charge in [-0.3, -0.25) is 9.69 Å². The van der Waals surface area contributed by atoms with Crippen LogP contribution >= 0.6 is 23.8 Å². The Kier molecular flexibility index (Phi) is 7.32. The first-order valence-electron chi connectivity index (χ1n) is 10.0. The zero-order valence-corrected chi connectivity index (χ0v) is 18.6. The molecule has 0 aliphatic carbocycles. The zero-order chi connectivity index (χ0) is 21.0. The molecule has 0 bridgehead atoms. The predicted molar refractivity (Wildman–Crippen MR) is 119 cm³/mol. The molecule has 29 heavy (non-hydrogen) atoms. The fraction of sp³-hybridized carbons (Fsp3) is 0.550. The largest absolute Gasteiger partial charge is 0.370 e. The Morgan fingerprint density at radius 3 is 2.55 bits per heavy atom. The minimum atomic E-state index is -0.322. The van der Waals surface area contributed by atoms with Gasteiger partial charge in [0.05, 0.1) is 17.4 Å². The fourth-order valence-electron chi connectivity index (χ4n) is 3.57. The number of aryl methyl sites for hydroxylation is 1. The van der Waals surface area contributed by atoms with Crippen LogP contribution in [-0.4, -0.2) is 51.3 Å². The summed E-state index contributed by atoms with van der Waals surface area (Å²) in [6.07, 6.45) is 0.791. The van der Waals surface area contributed by atoms with E-state index in [1.807, 2.05) is 27.4 Å². The number of aromatic nitrogens is 3. The number of hydrogen-bond donors (Lipinski definition) is 1. The molecule has 7 nitrogen and oxygen atoms in total. The predicted octanol–water partition coefficient (Wildman–Crippen LogP) is 2.92. The second kappa shape index (κ2) is 9.73. The number of nitrogens with zero attached hydrogens (tertiary/aromatic N) is 5. The van der Waals surface area contributed by atoms with Crippen molar-refractivity contribution in [2.24, 2.45) is 11.7 Å². The van der Waals surface area contributed by atoms with Crippen molar-refractivity contribution in [3.05, 3.63) is 39.9 Å². The number of benzene rings is 1. The van der Waals surface area contributed by atoms with E-state index in [4.69, 9.17) is 34.7 Å². The number of hydrogen-bond acceptors (Lipinski definition) is 5. The van der Waals surface area contributed by atoms with Crippen molar-refractivity contribution in [3.63, 3.8) is 0 Å². The molecule has 1 aliphatic rings. The summed E-state index contributed by atoms with van der Waals surface area (Å²) < 4.78 is 4.62. The molecule has 3 rings (SSSR count). The zero-order valence-electron chi connectivity index (χ0n) is 17.1. The second-order valence-corrected chi connectivity index (χ2v) is 8.64. The van der Waals surface area contributed by atoms with Gasteiger partial charge in [-0.25, -0.2) is 4.68 Å². The summed E-state index contributed by atoms with van der Waals surface area (Å²) in [5.74, 6) is 0.945. The summed E-state index contributed by atoms with van der Waals surface area (Å²) in [6.45, 7) is 9.32. The first kappa shape index (κ1) is 21.8. The van der Waals surface area contributed by atoms with E-state index >= 15 is 0 Å². The molecule has 1 aromatic heterocycles. The lowest BCUT2D eigenvalue weighted by Gasteiger charge is -2.36. The van der Waals surface area contributed by atoms with Gasteiger partial charge in [0.2, 0.25) is 5.91 Å². The van der Waals surface area contributed by atoms with Crippen LogP contribution in [0.15, 0.2) is 24.3 Å². The molecule has 1 aromatic carbocycles. The van der Waals surface area contributed by atoms with E-state index in [9.17, 15) is 4.79 Å². The summed E-state index contributed by atoms with van der Waals surface area (Å²) in [7, 11) is 0. The summed E-state index contributed by atoms with van der Waals surface area (Å²) in [6, 6.07) is 7.96. The molecule has 2 heterocycles. The Balaban J connectivity index is 1.68. The van der Waals surface area contributed by atoms with Gasteiger partial charge in [-0.2, -0.15) is 5.10 Å². The van der Waals surface area contributed by atoms with Crippen LogP contribution in [0.3, 0.4) is 0 Å². The molecule has 0 unspecified atom stereocenters. The number of carbonyl (C=O) groups excluding carboxylic acids is 1. The van der Waals surface area contributed by atoms with Gasteiger partial charge in [0, 0.05) is 45.6 Å². The highest BCUT2D eigenvalue weighted by atomic mass is 35.5. The van der Waals surface area contributed by atoms with Crippen LogP contribution in [0.1, 0.15) is 26.1 Å². The molecule has 0 atom stereocenters. The van der Waals surface area contributed by atoms with E-state index in [0.29, 0.717) is 23.8 Å². The summed E-state index contributed by atoms with van der Waals surface area (Å²) in [5, 5.41) is 5.50. The van der Waals surface area contributed by atoms with E-state index in [1.54, 1.807) is 0 Å². The number of anilines is 1. The Morgan fingerprint density at radius 1 is 1.24 bits per heavy atom. The van der Waals surface area contributed by atoms with Gasteiger partial charge < -0.3 is 15.2 Å². The number of carbonyl (C=O) groups is 1. The second-order valence-electron chi connectivity index (χ2n) is 7.87. The third kappa shape index (κ3) is 5.58. The van der Waals surface area contributed by atoms with Crippen molar-refractivity contribution >= 4 is 35.4 Å². The Bertz CT molecular complexity index is 901. The molecule has 0 spiro atoms. The van der Waals surface area contributed by atoms with Gasteiger partial charge in [-0.15, -0.1) is 0 Å². The summed E-state index contributed by atoms with van der Waals surface area (Å²) >= 11 is 12.0. The molecular formula is C20H29ClN6OS. The van der Waals surface area contributed by atoms with Crippen LogP contribution in [0.2, 0.25) is 5.02 Å². The number of nitrogens with two attached hydrogens (primary N) is 1. The van der Waals surface area contributed by atoms with Gasteiger partial charge in [-0.05, 0) is 30.3 Å². The summed E-state index contributed by atoms with van der Waals surface area (Å²) in [5.41, 5.74) is 6.41. The van der Waals surface area contributed by atoms with Crippen LogP contribution in [0, 0.1) is 10.7 Å². The summed E-state index contributed by atoms with van der Waals surface area (Å²) in [4.78, 5) is 15.9. The Hall–Kier alpha value is -1.90. The lowest BCUT2D eigenvalue weighted by molar-refractivity contribution is -0.118. The number of amides is 1. The normalized spacial score (nSPS) is 15.2. The van der Waals surface area contributed by atoms with E-state index in [1.165, 1.54) is 0 Å². The van der Waals surface area contributed by atoms with Crippen LogP contribution < -0.4 is 10.6 Å². The molecule has 0 radical (unpaired) electrons. The minimum Gasteiger partial charge on any atom is -0.370 e. The fourth-order valence-corrected chi connectivity index (χ4v) is 4.11. The molecule has 1 fully saturated rings. The average molecular weight is 437 g/mol. The molecule has 9 heteroatoms. The maximum Gasteiger partial charge on any atom is 0.217 e. The van der Waals surface area contributed by atoms with Crippen molar-refractivity contribution in [2.75, 3.05) is 31.1 Å². The van der Waals surface area contributed by atoms with E-state index < -0.39 is 0 Å². The standard InChI is InChI=1S/C20H29ClN6OS/c1-15(2)13-26-19(8-7-18(22)28)23-27(20(26)29)14-24-9-11-25(12-10-24)17-6-4-3-5-16(17)21/h3-6,15H,7-14H2,1-2H3,(H2,22,28). The lowest BCUT2D eigenvalue weighted by Crippen LogP contribution is -2.47. The minimum absolute atomic E-state index is 0.278. The number of piperazine rings is 1. The number of halogens is 1. The molecule has 1 saturated heterocycles. The Labute approximate surface area is 182 Å². The highest BCUT2D eigenvalue weighted by molar-refractivity contribution is 7.71. The van der Waals surface area contributed by atoms with Crippen LogP contribution in [0.4, 0.5) is 5.69 Å². The molecule has 0 saturated carbocycles. The highest BCUT2D eigenvalue weighted by Gasteiger charge is 2.21. The molecular weight excluding hydrogens is 408 g/mol. The van der Waals surface area contributed by atoms with Gasteiger partial charge in [0.15, 0.2) is 4.77 Å². The monoisotopic (exact) mass is 436 g/mol. The van der Waals surface area contributed by atoms with Crippen molar-refractivity contribution in [1.29, 1.82) is 0 Å². The van der Waals surface area contributed by atoms with Crippen molar-refractivity contribution in [2.45, 2.75) is 39.9 Å². The van der Waals surface area contributed by atoms with E-state index in [-0.39, 0.29) is 12.3 Å². The SMILES string of the molecule is CC(C)Cn1c(CCC(N)=O)nn(CN2CCN(c3ccccc3Cl)CC2)c1=S. The topological polar surface area (TPSA) is 72.3 Å². The van der Waals surface area contributed by atoms with Gasteiger partial charge >= 0.3 is 0 Å². The maximum absolute atomic E-state index is 11.2. The quantitative estimate of drug-likeness (QED) is 0.644. The molecule has 158 valence electrons. The van der Waals surface area contributed by atoms with Gasteiger partial charge in [0.25, 0.3) is 0 Å². The number of para-hydroxylation sites is 1. The average Bonchev–Trinajstić information content (AvgIpc) is 2.96. The number of primary amides is 1. The van der Waals surface area contributed by atoms with Gasteiger partial charge in [-0.1, -0.05) is 37.6 Å². The first-order chi connectivity index (χ1) is 13.8. The molecule has 1 aliphatic heterocycles. The van der Waals surface area contributed by atoms with E-state index in [0.717, 1.165) is 49.3 Å². The maximum atomic E-state index is 11.2. The number of rotatable bonds is 8. The highest BCUT2D eigenvalue weighted by Crippen LogP contribution is 2.26. The van der Waals surface area contributed by atoms with Crippen LogP contribution in [0.25, 0.3) is 0 Å². The van der Waals surface area contributed by atoms with Crippen molar-refractivity contribution in [3.8, 4) is 0 Å². The van der Waals surface area contributed by atoms with Crippen LogP contribution in [-0.2, 0) is 24.4 Å². The smallest absolute Gasteiger partial charge is 0.217 e. The molecule has 2 N–H and O–H groups in total. The van der Waals surface area contributed by atoms with Gasteiger partial charge in [0.1, 0.15) is 5.82 Å². The van der Waals surface area contributed by atoms with Crippen molar-refractivity contribution in [1.82, 2.24) is 19.2 Å². The third-order valence-electron chi connectivity index (χ3n) is 5.04. The van der Waals surface area contributed by atoms with Crippen LogP contribution in [0.5, 0.6) is 0 Å². The first-order valence-corrected chi connectivity index (χ1v) is 10.8. The Morgan fingerprint density at radius 2 is 1.93 bits per heavy atom. The molecule has 1 amide bonds.